The highest BCUT2D eigenvalue weighted by Crippen LogP contribution is 2.18. The van der Waals surface area contributed by atoms with Crippen molar-refractivity contribution in [2.75, 3.05) is 39.3 Å². The van der Waals surface area contributed by atoms with Crippen LogP contribution in [0.4, 0.5) is 4.79 Å². The van der Waals surface area contributed by atoms with E-state index in [9.17, 15) is 13.2 Å². The second kappa shape index (κ2) is 7.14. The van der Waals surface area contributed by atoms with Crippen LogP contribution in [0.2, 0.25) is 0 Å². The zero-order valence-electron chi connectivity index (χ0n) is 14.4. The topological polar surface area (TPSA) is 90.3 Å². The van der Waals surface area contributed by atoms with Crippen LogP contribution in [0.5, 0.6) is 0 Å². The third-order valence-corrected chi connectivity index (χ3v) is 7.61. The van der Waals surface area contributed by atoms with Gasteiger partial charge in [0, 0.05) is 57.0 Å². The molecular weight excluding hydrogens is 376 g/mol. The molecular formula is C15H22N6O3S2. The van der Waals surface area contributed by atoms with Crippen molar-refractivity contribution in [2.45, 2.75) is 19.4 Å². The summed E-state index contributed by atoms with van der Waals surface area (Å²) in [5.41, 5.74) is 0.806. The standard InChI is InChI=1S/C15H22N6O3S2/c22-14(16-11-13-12-19-9-10-25-15(19)17-13)18-5-7-21(8-6-18)26(23,24)20-3-1-2-4-20/h9-10,12H,1-8,11H2,(H,16,22). The Bertz CT molecular complexity index is 850. The fourth-order valence-corrected chi connectivity index (χ4v) is 5.73. The van der Waals surface area contributed by atoms with Gasteiger partial charge in [-0.3, -0.25) is 4.40 Å². The van der Waals surface area contributed by atoms with Gasteiger partial charge in [0.2, 0.25) is 0 Å². The van der Waals surface area contributed by atoms with E-state index in [1.54, 1.807) is 20.5 Å². The van der Waals surface area contributed by atoms with Crippen LogP contribution in [0.15, 0.2) is 17.8 Å². The number of amides is 2. The fourth-order valence-electron chi connectivity index (χ4n) is 3.34. The molecule has 0 bridgehead atoms. The Balaban J connectivity index is 1.28. The Morgan fingerprint density at radius 2 is 1.81 bits per heavy atom. The smallest absolute Gasteiger partial charge is 0.317 e. The van der Waals surface area contributed by atoms with Gasteiger partial charge in [-0.25, -0.2) is 9.78 Å². The lowest BCUT2D eigenvalue weighted by atomic mass is 10.4. The van der Waals surface area contributed by atoms with Crippen molar-refractivity contribution in [3.8, 4) is 0 Å². The highest BCUT2D eigenvalue weighted by Gasteiger charge is 2.34. The van der Waals surface area contributed by atoms with Gasteiger partial charge in [0.25, 0.3) is 10.2 Å². The Kier molecular flexibility index (Phi) is 4.86. The van der Waals surface area contributed by atoms with Crippen LogP contribution in [0, 0.1) is 0 Å². The Hall–Kier alpha value is -1.69. The number of aromatic nitrogens is 2. The molecule has 1 N–H and O–H groups in total. The van der Waals surface area contributed by atoms with E-state index in [0.717, 1.165) is 23.5 Å². The number of rotatable bonds is 4. The number of piperazine rings is 1. The van der Waals surface area contributed by atoms with E-state index < -0.39 is 10.2 Å². The van der Waals surface area contributed by atoms with Crippen molar-refractivity contribution in [3.05, 3.63) is 23.5 Å². The summed E-state index contributed by atoms with van der Waals surface area (Å²) in [4.78, 5) is 19.3. The number of urea groups is 1. The molecule has 142 valence electrons. The molecule has 0 radical (unpaired) electrons. The molecule has 4 rings (SSSR count). The third kappa shape index (κ3) is 3.43. The molecule has 0 aliphatic carbocycles. The molecule has 2 aliphatic heterocycles. The first kappa shape index (κ1) is 17.7. The maximum Gasteiger partial charge on any atom is 0.317 e. The number of hydrogen-bond donors (Lipinski definition) is 1. The second-order valence-electron chi connectivity index (χ2n) is 6.48. The van der Waals surface area contributed by atoms with Crippen LogP contribution in [0.25, 0.3) is 4.96 Å². The maximum atomic E-state index is 12.6. The van der Waals surface area contributed by atoms with Crippen LogP contribution >= 0.6 is 11.3 Å². The lowest BCUT2D eigenvalue weighted by Crippen LogP contribution is -2.55. The summed E-state index contributed by atoms with van der Waals surface area (Å²) in [7, 11) is -3.38. The SMILES string of the molecule is O=C(NCc1cn2ccsc2n1)N1CCN(S(=O)(=O)N2CCCC2)CC1. The van der Waals surface area contributed by atoms with E-state index in [1.165, 1.54) is 4.31 Å². The van der Waals surface area contributed by atoms with Gasteiger partial charge >= 0.3 is 6.03 Å². The molecule has 9 nitrogen and oxygen atoms in total. The zero-order valence-corrected chi connectivity index (χ0v) is 16.0. The highest BCUT2D eigenvalue weighted by atomic mass is 32.2. The molecule has 26 heavy (non-hydrogen) atoms. The molecule has 2 fully saturated rings. The van der Waals surface area contributed by atoms with E-state index in [0.29, 0.717) is 45.8 Å². The minimum absolute atomic E-state index is 0.181. The highest BCUT2D eigenvalue weighted by molar-refractivity contribution is 7.86. The molecule has 2 amide bonds. The first-order chi connectivity index (χ1) is 12.5. The van der Waals surface area contributed by atoms with Gasteiger partial charge < -0.3 is 10.2 Å². The van der Waals surface area contributed by atoms with Crippen molar-refractivity contribution >= 4 is 32.5 Å². The Morgan fingerprint density at radius 1 is 1.12 bits per heavy atom. The van der Waals surface area contributed by atoms with Gasteiger partial charge in [0.05, 0.1) is 12.2 Å². The second-order valence-corrected chi connectivity index (χ2v) is 9.29. The summed E-state index contributed by atoms with van der Waals surface area (Å²) in [6.07, 6.45) is 5.67. The van der Waals surface area contributed by atoms with Gasteiger partial charge in [0.15, 0.2) is 4.96 Å². The van der Waals surface area contributed by atoms with Crippen molar-refractivity contribution < 1.29 is 13.2 Å². The van der Waals surface area contributed by atoms with Crippen molar-refractivity contribution in [1.29, 1.82) is 0 Å². The molecule has 0 atom stereocenters. The molecule has 11 heteroatoms. The molecule has 0 unspecified atom stereocenters. The molecule has 0 saturated carbocycles. The van der Waals surface area contributed by atoms with Gasteiger partial charge in [0.1, 0.15) is 0 Å². The van der Waals surface area contributed by atoms with E-state index in [4.69, 9.17) is 0 Å². The Morgan fingerprint density at radius 3 is 2.50 bits per heavy atom. The van der Waals surface area contributed by atoms with E-state index >= 15 is 0 Å². The third-order valence-electron chi connectivity index (χ3n) is 4.81. The number of fused-ring (bicyclic) bond motifs is 1. The van der Waals surface area contributed by atoms with Crippen molar-refractivity contribution in [3.63, 3.8) is 0 Å². The summed E-state index contributed by atoms with van der Waals surface area (Å²) in [5, 5.41) is 4.82. The summed E-state index contributed by atoms with van der Waals surface area (Å²) in [6, 6.07) is -0.181. The fraction of sp³-hybridized carbons (Fsp3) is 0.600. The molecule has 2 aliphatic rings. The lowest BCUT2D eigenvalue weighted by Gasteiger charge is -2.35. The first-order valence-corrected chi connectivity index (χ1v) is 11.0. The van der Waals surface area contributed by atoms with Crippen molar-refractivity contribution in [1.82, 2.24) is 28.2 Å². The van der Waals surface area contributed by atoms with Crippen molar-refractivity contribution in [2.24, 2.45) is 0 Å². The molecule has 0 aromatic carbocycles. The summed E-state index contributed by atoms with van der Waals surface area (Å²) in [6.45, 7) is 3.04. The molecule has 0 spiro atoms. The molecule has 2 aromatic heterocycles. The first-order valence-electron chi connectivity index (χ1n) is 8.73. The van der Waals surface area contributed by atoms with Crippen LogP contribution in [-0.4, -0.2) is 76.6 Å². The number of imidazole rings is 1. The van der Waals surface area contributed by atoms with Crippen LogP contribution in [-0.2, 0) is 16.8 Å². The number of nitrogens with zero attached hydrogens (tertiary/aromatic N) is 5. The summed E-state index contributed by atoms with van der Waals surface area (Å²) < 4.78 is 30.1. The summed E-state index contributed by atoms with van der Waals surface area (Å²) in [5.74, 6) is 0. The Labute approximate surface area is 156 Å². The van der Waals surface area contributed by atoms with Gasteiger partial charge in [-0.15, -0.1) is 11.3 Å². The molecule has 4 heterocycles. The zero-order chi connectivity index (χ0) is 18.1. The predicted octanol–water partition coefficient (Wildman–Crippen LogP) is 0.564. The van der Waals surface area contributed by atoms with E-state index in [1.807, 2.05) is 22.2 Å². The average Bonchev–Trinajstić information content (AvgIpc) is 3.36. The average molecular weight is 399 g/mol. The minimum Gasteiger partial charge on any atom is -0.332 e. The predicted molar refractivity (Wildman–Crippen MR) is 98.2 cm³/mol. The lowest BCUT2D eigenvalue weighted by molar-refractivity contribution is 0.169. The number of nitrogens with one attached hydrogen (secondary N) is 1. The van der Waals surface area contributed by atoms with Gasteiger partial charge in [-0.05, 0) is 12.8 Å². The minimum atomic E-state index is -3.38. The maximum absolute atomic E-state index is 12.6. The quantitative estimate of drug-likeness (QED) is 0.815. The normalized spacial score (nSPS) is 20.1. The largest absolute Gasteiger partial charge is 0.332 e. The van der Waals surface area contributed by atoms with Crippen LogP contribution in [0.3, 0.4) is 0 Å². The van der Waals surface area contributed by atoms with Crippen LogP contribution in [0.1, 0.15) is 18.5 Å². The van der Waals surface area contributed by atoms with Crippen LogP contribution < -0.4 is 5.32 Å². The monoisotopic (exact) mass is 398 g/mol. The summed E-state index contributed by atoms with van der Waals surface area (Å²) >= 11 is 1.55. The van der Waals surface area contributed by atoms with Gasteiger partial charge in [-0.2, -0.15) is 17.0 Å². The molecule has 2 saturated heterocycles. The number of carbonyl (C=O) groups excluding carboxylic acids is 1. The molecule has 2 aromatic rings. The van der Waals surface area contributed by atoms with Gasteiger partial charge in [-0.1, -0.05) is 0 Å². The number of thiazole rings is 1. The number of carbonyl (C=O) groups is 1. The van der Waals surface area contributed by atoms with E-state index in [-0.39, 0.29) is 6.03 Å². The van der Waals surface area contributed by atoms with E-state index in [2.05, 4.69) is 10.3 Å². The number of hydrogen-bond acceptors (Lipinski definition) is 5.